The summed E-state index contributed by atoms with van der Waals surface area (Å²) in [5.74, 6) is 0.748. The predicted molar refractivity (Wildman–Crippen MR) is 72.1 cm³/mol. The first kappa shape index (κ1) is 15.1. The Bertz CT molecular complexity index is 599. The lowest BCUT2D eigenvalue weighted by atomic mass is 10.2. The van der Waals surface area contributed by atoms with Crippen molar-refractivity contribution >= 4 is 5.95 Å². The smallest absolute Gasteiger partial charge is 0.433 e. The van der Waals surface area contributed by atoms with Gasteiger partial charge in [-0.1, -0.05) is 12.1 Å². The standard InChI is InChI=1S/C14H14F3N3O/c1-20(9-10-3-5-11(21-2)6-4-10)13-18-8-7-12(19-13)14(15,16)17/h3-8H,9H2,1-2H3. The molecule has 0 spiro atoms. The molecular weight excluding hydrogens is 283 g/mol. The highest BCUT2D eigenvalue weighted by Gasteiger charge is 2.33. The molecule has 0 aliphatic heterocycles. The Labute approximate surface area is 120 Å². The summed E-state index contributed by atoms with van der Waals surface area (Å²) in [7, 11) is 3.21. The topological polar surface area (TPSA) is 38.2 Å². The second kappa shape index (κ2) is 5.99. The number of rotatable bonds is 4. The number of anilines is 1. The highest BCUT2D eigenvalue weighted by molar-refractivity contribution is 5.34. The number of benzene rings is 1. The zero-order chi connectivity index (χ0) is 15.5. The van der Waals surface area contributed by atoms with Crippen LogP contribution in [0.15, 0.2) is 36.5 Å². The zero-order valence-electron chi connectivity index (χ0n) is 11.6. The molecule has 0 fully saturated rings. The van der Waals surface area contributed by atoms with Gasteiger partial charge in [0.25, 0.3) is 0 Å². The van der Waals surface area contributed by atoms with Gasteiger partial charge in [-0.2, -0.15) is 13.2 Å². The van der Waals surface area contributed by atoms with Crippen molar-refractivity contribution in [1.82, 2.24) is 9.97 Å². The lowest BCUT2D eigenvalue weighted by Crippen LogP contribution is -2.21. The maximum absolute atomic E-state index is 12.6. The van der Waals surface area contributed by atoms with E-state index in [0.29, 0.717) is 6.54 Å². The molecule has 0 N–H and O–H groups in total. The fourth-order valence-corrected chi connectivity index (χ4v) is 1.77. The molecule has 2 rings (SSSR count). The Hall–Kier alpha value is -2.31. The lowest BCUT2D eigenvalue weighted by molar-refractivity contribution is -0.141. The van der Waals surface area contributed by atoms with Crippen LogP contribution in [0.3, 0.4) is 0 Å². The molecule has 1 aromatic carbocycles. The first-order chi connectivity index (χ1) is 9.90. The average Bonchev–Trinajstić information content (AvgIpc) is 2.47. The summed E-state index contributed by atoms with van der Waals surface area (Å²) in [6.07, 6.45) is -3.37. The molecular formula is C14H14F3N3O. The maximum Gasteiger partial charge on any atom is 0.433 e. The number of nitrogens with zero attached hydrogens (tertiary/aromatic N) is 3. The van der Waals surface area contributed by atoms with Gasteiger partial charge in [0, 0.05) is 19.8 Å². The molecule has 2 aromatic rings. The lowest BCUT2D eigenvalue weighted by Gasteiger charge is -2.18. The summed E-state index contributed by atoms with van der Waals surface area (Å²) in [6.45, 7) is 0.394. The van der Waals surface area contributed by atoms with Crippen LogP contribution in [-0.2, 0) is 12.7 Å². The van der Waals surface area contributed by atoms with Gasteiger partial charge in [-0.05, 0) is 23.8 Å². The van der Waals surface area contributed by atoms with Crippen molar-refractivity contribution in [1.29, 1.82) is 0 Å². The first-order valence-corrected chi connectivity index (χ1v) is 6.14. The van der Waals surface area contributed by atoms with E-state index in [1.54, 1.807) is 31.2 Å². The summed E-state index contributed by atoms with van der Waals surface area (Å²) in [6, 6.07) is 8.10. The van der Waals surface area contributed by atoms with E-state index in [1.807, 2.05) is 12.1 Å². The van der Waals surface area contributed by atoms with Gasteiger partial charge in [0.15, 0.2) is 0 Å². The number of methoxy groups -OCH3 is 1. The molecule has 0 atom stereocenters. The van der Waals surface area contributed by atoms with E-state index in [-0.39, 0.29) is 5.95 Å². The minimum atomic E-state index is -4.47. The summed E-state index contributed by atoms with van der Waals surface area (Å²) >= 11 is 0. The Morgan fingerprint density at radius 1 is 1.14 bits per heavy atom. The van der Waals surface area contributed by atoms with Crippen LogP contribution in [0, 0.1) is 0 Å². The fourth-order valence-electron chi connectivity index (χ4n) is 1.77. The van der Waals surface area contributed by atoms with E-state index in [0.717, 1.165) is 23.6 Å². The van der Waals surface area contributed by atoms with Crippen LogP contribution < -0.4 is 9.64 Å². The maximum atomic E-state index is 12.6. The molecule has 0 bridgehead atoms. The van der Waals surface area contributed by atoms with Crippen LogP contribution in [0.5, 0.6) is 5.75 Å². The van der Waals surface area contributed by atoms with Crippen LogP contribution in [0.1, 0.15) is 11.3 Å². The van der Waals surface area contributed by atoms with Crippen LogP contribution in [0.2, 0.25) is 0 Å². The van der Waals surface area contributed by atoms with Gasteiger partial charge < -0.3 is 9.64 Å². The molecule has 4 nitrogen and oxygen atoms in total. The quantitative estimate of drug-likeness (QED) is 0.869. The molecule has 0 unspecified atom stereocenters. The van der Waals surface area contributed by atoms with E-state index in [1.165, 1.54) is 0 Å². The molecule has 21 heavy (non-hydrogen) atoms. The van der Waals surface area contributed by atoms with Gasteiger partial charge in [0.2, 0.25) is 5.95 Å². The SMILES string of the molecule is COc1ccc(CN(C)c2nccc(C(F)(F)F)n2)cc1. The van der Waals surface area contributed by atoms with Crippen LogP contribution in [-0.4, -0.2) is 24.1 Å². The molecule has 0 saturated carbocycles. The minimum absolute atomic E-state index is 0.0284. The van der Waals surface area contributed by atoms with Crippen LogP contribution >= 0.6 is 0 Å². The normalized spacial score (nSPS) is 11.3. The van der Waals surface area contributed by atoms with Crippen molar-refractivity contribution in [3.8, 4) is 5.75 Å². The molecule has 1 heterocycles. The van der Waals surface area contributed by atoms with Crippen LogP contribution in [0.4, 0.5) is 19.1 Å². The minimum Gasteiger partial charge on any atom is -0.497 e. The number of hydrogen-bond donors (Lipinski definition) is 0. The van der Waals surface area contributed by atoms with Gasteiger partial charge in [-0.15, -0.1) is 0 Å². The van der Waals surface area contributed by atoms with E-state index in [2.05, 4.69) is 9.97 Å². The largest absolute Gasteiger partial charge is 0.497 e. The van der Waals surface area contributed by atoms with E-state index in [4.69, 9.17) is 4.74 Å². The third-order valence-electron chi connectivity index (χ3n) is 2.85. The molecule has 112 valence electrons. The van der Waals surface area contributed by atoms with Crippen molar-refractivity contribution in [2.75, 3.05) is 19.1 Å². The number of ether oxygens (including phenoxy) is 1. The van der Waals surface area contributed by atoms with E-state index >= 15 is 0 Å². The van der Waals surface area contributed by atoms with Crippen LogP contribution in [0.25, 0.3) is 0 Å². The highest BCUT2D eigenvalue weighted by Crippen LogP contribution is 2.28. The molecule has 0 saturated heterocycles. The molecule has 0 radical (unpaired) electrons. The van der Waals surface area contributed by atoms with Crippen molar-refractivity contribution in [2.45, 2.75) is 12.7 Å². The number of alkyl halides is 3. The van der Waals surface area contributed by atoms with Crippen molar-refractivity contribution in [3.63, 3.8) is 0 Å². The molecule has 0 aliphatic rings. The van der Waals surface area contributed by atoms with Crippen molar-refractivity contribution in [2.24, 2.45) is 0 Å². The number of halogens is 3. The summed E-state index contributed by atoms with van der Waals surface area (Å²) in [4.78, 5) is 8.96. The van der Waals surface area contributed by atoms with Gasteiger partial charge in [-0.25, -0.2) is 9.97 Å². The molecule has 1 aromatic heterocycles. The predicted octanol–water partition coefficient (Wildman–Crippen LogP) is 3.14. The van der Waals surface area contributed by atoms with Crippen molar-refractivity contribution in [3.05, 3.63) is 47.8 Å². The first-order valence-electron chi connectivity index (χ1n) is 6.14. The second-order valence-corrected chi connectivity index (χ2v) is 4.44. The van der Waals surface area contributed by atoms with Gasteiger partial charge in [0.05, 0.1) is 7.11 Å². The van der Waals surface area contributed by atoms with Gasteiger partial charge in [0.1, 0.15) is 11.4 Å². The Morgan fingerprint density at radius 3 is 2.38 bits per heavy atom. The fraction of sp³-hybridized carbons (Fsp3) is 0.286. The third kappa shape index (κ3) is 3.84. The monoisotopic (exact) mass is 297 g/mol. The second-order valence-electron chi connectivity index (χ2n) is 4.44. The summed E-state index contributed by atoms with van der Waals surface area (Å²) in [5.41, 5.74) is -0.0339. The van der Waals surface area contributed by atoms with E-state index in [9.17, 15) is 13.2 Å². The zero-order valence-corrected chi connectivity index (χ0v) is 11.6. The average molecular weight is 297 g/mol. The Morgan fingerprint density at radius 2 is 1.81 bits per heavy atom. The Kier molecular flexibility index (Phi) is 4.30. The molecule has 7 heteroatoms. The Balaban J connectivity index is 2.14. The van der Waals surface area contributed by atoms with Crippen molar-refractivity contribution < 1.29 is 17.9 Å². The molecule has 0 amide bonds. The number of aromatic nitrogens is 2. The number of hydrogen-bond acceptors (Lipinski definition) is 4. The summed E-state index contributed by atoms with van der Waals surface area (Å²) < 4.78 is 42.9. The van der Waals surface area contributed by atoms with E-state index < -0.39 is 11.9 Å². The van der Waals surface area contributed by atoms with Gasteiger partial charge >= 0.3 is 6.18 Å². The summed E-state index contributed by atoms with van der Waals surface area (Å²) in [5, 5.41) is 0. The van der Waals surface area contributed by atoms with Gasteiger partial charge in [-0.3, -0.25) is 0 Å². The third-order valence-corrected chi connectivity index (χ3v) is 2.85. The highest BCUT2D eigenvalue weighted by atomic mass is 19.4. The molecule has 0 aliphatic carbocycles.